The third kappa shape index (κ3) is 3.01. The molecule has 0 aliphatic carbocycles. The van der Waals surface area contributed by atoms with Gasteiger partial charge in [0.1, 0.15) is 0 Å². The number of halogens is 4. The summed E-state index contributed by atoms with van der Waals surface area (Å²) in [5.74, 6) is -1.12. The van der Waals surface area contributed by atoms with Crippen LogP contribution < -0.4 is 0 Å². The van der Waals surface area contributed by atoms with E-state index >= 15 is 0 Å². The Bertz CT molecular complexity index is 666. The zero-order valence-electron chi connectivity index (χ0n) is 9.91. The molecule has 2 aromatic rings. The molecule has 0 aliphatic rings. The highest BCUT2D eigenvalue weighted by atomic mass is 79.9. The predicted molar refractivity (Wildman–Crippen MR) is 71.5 cm³/mol. The lowest BCUT2D eigenvalue weighted by Gasteiger charge is -2.11. The molecule has 0 atom stereocenters. The second-order valence-electron chi connectivity index (χ2n) is 4.08. The van der Waals surface area contributed by atoms with Crippen molar-refractivity contribution in [2.45, 2.75) is 6.18 Å². The standard InChI is InChI=1S/C14H8BrF3O2/c15-12-5-4-9(7-11(12)14(16,17)18)8-2-1-3-10(6-8)13(19)20/h1-7H,(H,19,20). The number of carbonyl (C=O) groups is 1. The quantitative estimate of drug-likeness (QED) is 0.846. The first-order valence-electron chi connectivity index (χ1n) is 5.49. The number of alkyl halides is 3. The van der Waals surface area contributed by atoms with Gasteiger partial charge in [-0.25, -0.2) is 4.79 Å². The Labute approximate surface area is 121 Å². The van der Waals surface area contributed by atoms with Gasteiger partial charge < -0.3 is 5.11 Å². The lowest BCUT2D eigenvalue weighted by molar-refractivity contribution is -0.138. The normalized spacial score (nSPS) is 11.4. The van der Waals surface area contributed by atoms with E-state index in [9.17, 15) is 18.0 Å². The molecule has 2 rings (SSSR count). The van der Waals surface area contributed by atoms with Gasteiger partial charge in [0.15, 0.2) is 0 Å². The fourth-order valence-corrected chi connectivity index (χ4v) is 2.23. The van der Waals surface area contributed by atoms with E-state index < -0.39 is 17.7 Å². The summed E-state index contributed by atoms with van der Waals surface area (Å²) < 4.78 is 38.4. The second-order valence-corrected chi connectivity index (χ2v) is 4.93. The van der Waals surface area contributed by atoms with Gasteiger partial charge in [0.2, 0.25) is 0 Å². The number of carboxylic acid groups (broad SMARTS) is 1. The van der Waals surface area contributed by atoms with Crippen LogP contribution in [0.2, 0.25) is 0 Å². The molecule has 0 heterocycles. The lowest BCUT2D eigenvalue weighted by Crippen LogP contribution is -2.06. The summed E-state index contributed by atoms with van der Waals surface area (Å²) in [6, 6.07) is 9.57. The molecule has 0 amide bonds. The Morgan fingerprint density at radius 2 is 1.70 bits per heavy atom. The van der Waals surface area contributed by atoms with Gasteiger partial charge in [-0.15, -0.1) is 0 Å². The third-order valence-electron chi connectivity index (χ3n) is 2.71. The van der Waals surface area contributed by atoms with Gasteiger partial charge in [-0.05, 0) is 35.4 Å². The van der Waals surface area contributed by atoms with Crippen molar-refractivity contribution in [1.29, 1.82) is 0 Å². The summed E-state index contributed by atoms with van der Waals surface area (Å²) in [5.41, 5.74) is -0.0405. The van der Waals surface area contributed by atoms with Crippen molar-refractivity contribution < 1.29 is 23.1 Å². The maximum atomic E-state index is 12.8. The van der Waals surface area contributed by atoms with Crippen LogP contribution in [0.25, 0.3) is 11.1 Å². The van der Waals surface area contributed by atoms with Crippen molar-refractivity contribution in [1.82, 2.24) is 0 Å². The average molecular weight is 345 g/mol. The minimum absolute atomic E-state index is 0.0268. The highest BCUT2D eigenvalue weighted by Gasteiger charge is 2.33. The first-order chi connectivity index (χ1) is 9.29. The molecule has 0 radical (unpaired) electrons. The Morgan fingerprint density at radius 3 is 2.30 bits per heavy atom. The molecular weight excluding hydrogens is 337 g/mol. The molecule has 0 fully saturated rings. The van der Waals surface area contributed by atoms with Gasteiger partial charge in [0.25, 0.3) is 0 Å². The third-order valence-corrected chi connectivity index (χ3v) is 3.41. The molecule has 6 heteroatoms. The minimum Gasteiger partial charge on any atom is -0.478 e. The SMILES string of the molecule is O=C(O)c1cccc(-c2ccc(Br)c(C(F)(F)F)c2)c1. The summed E-state index contributed by atoms with van der Waals surface area (Å²) in [4.78, 5) is 10.9. The minimum atomic E-state index is -4.47. The molecule has 0 bridgehead atoms. The van der Waals surface area contributed by atoms with E-state index in [-0.39, 0.29) is 10.0 Å². The monoisotopic (exact) mass is 344 g/mol. The van der Waals surface area contributed by atoms with Crippen LogP contribution in [-0.4, -0.2) is 11.1 Å². The van der Waals surface area contributed by atoms with Crippen LogP contribution in [0.1, 0.15) is 15.9 Å². The number of carboxylic acids is 1. The van der Waals surface area contributed by atoms with Crippen LogP contribution in [0.15, 0.2) is 46.9 Å². The van der Waals surface area contributed by atoms with E-state index in [2.05, 4.69) is 15.9 Å². The molecular formula is C14H8BrF3O2. The highest BCUT2D eigenvalue weighted by molar-refractivity contribution is 9.10. The predicted octanol–water partition coefficient (Wildman–Crippen LogP) is 4.83. The summed E-state index contributed by atoms with van der Waals surface area (Å²) in [6.07, 6.45) is -4.47. The van der Waals surface area contributed by atoms with Crippen molar-refractivity contribution >= 4 is 21.9 Å². The molecule has 0 aliphatic heterocycles. The topological polar surface area (TPSA) is 37.3 Å². The van der Waals surface area contributed by atoms with Crippen LogP contribution in [-0.2, 0) is 6.18 Å². The van der Waals surface area contributed by atoms with E-state index in [1.54, 1.807) is 6.07 Å². The highest BCUT2D eigenvalue weighted by Crippen LogP contribution is 2.37. The number of aromatic carboxylic acids is 1. The van der Waals surface area contributed by atoms with Crippen molar-refractivity contribution in [2.24, 2.45) is 0 Å². The first-order valence-corrected chi connectivity index (χ1v) is 6.29. The van der Waals surface area contributed by atoms with Crippen molar-refractivity contribution in [2.75, 3.05) is 0 Å². The van der Waals surface area contributed by atoms with Crippen molar-refractivity contribution in [3.8, 4) is 11.1 Å². The average Bonchev–Trinajstić information content (AvgIpc) is 2.38. The molecule has 0 unspecified atom stereocenters. The Balaban J connectivity index is 2.54. The van der Waals surface area contributed by atoms with Gasteiger partial charge in [-0.3, -0.25) is 0 Å². The van der Waals surface area contributed by atoms with E-state index in [1.807, 2.05) is 0 Å². The Kier molecular flexibility index (Phi) is 3.85. The van der Waals surface area contributed by atoms with Crippen molar-refractivity contribution in [3.63, 3.8) is 0 Å². The van der Waals surface area contributed by atoms with E-state index in [0.29, 0.717) is 11.1 Å². The molecule has 0 saturated carbocycles. The molecule has 0 saturated heterocycles. The maximum Gasteiger partial charge on any atom is 0.417 e. The summed E-state index contributed by atoms with van der Waals surface area (Å²) in [6.45, 7) is 0. The van der Waals surface area contributed by atoms with Crippen LogP contribution >= 0.6 is 15.9 Å². The Hall–Kier alpha value is -1.82. The van der Waals surface area contributed by atoms with E-state index in [1.165, 1.54) is 30.3 Å². The fourth-order valence-electron chi connectivity index (χ4n) is 1.75. The molecule has 0 spiro atoms. The van der Waals surface area contributed by atoms with Crippen LogP contribution in [0.3, 0.4) is 0 Å². The van der Waals surface area contributed by atoms with E-state index in [4.69, 9.17) is 5.11 Å². The lowest BCUT2D eigenvalue weighted by atomic mass is 10.0. The van der Waals surface area contributed by atoms with Gasteiger partial charge >= 0.3 is 12.1 Å². The summed E-state index contributed by atoms with van der Waals surface area (Å²) in [5, 5.41) is 8.90. The zero-order chi connectivity index (χ0) is 14.9. The van der Waals surface area contributed by atoms with Gasteiger partial charge in [0.05, 0.1) is 11.1 Å². The first kappa shape index (κ1) is 14.6. The molecule has 104 valence electrons. The molecule has 2 aromatic carbocycles. The van der Waals surface area contributed by atoms with Gasteiger partial charge in [0, 0.05) is 4.47 Å². The van der Waals surface area contributed by atoms with Crippen LogP contribution in [0, 0.1) is 0 Å². The second kappa shape index (κ2) is 5.28. The van der Waals surface area contributed by atoms with Crippen LogP contribution in [0.5, 0.6) is 0 Å². The fraction of sp³-hybridized carbons (Fsp3) is 0.0714. The largest absolute Gasteiger partial charge is 0.478 e. The smallest absolute Gasteiger partial charge is 0.417 e. The summed E-state index contributed by atoms with van der Waals surface area (Å²) in [7, 11) is 0. The molecule has 2 nitrogen and oxygen atoms in total. The zero-order valence-corrected chi connectivity index (χ0v) is 11.5. The van der Waals surface area contributed by atoms with Gasteiger partial charge in [-0.1, -0.05) is 34.1 Å². The molecule has 1 N–H and O–H groups in total. The van der Waals surface area contributed by atoms with Crippen molar-refractivity contribution in [3.05, 3.63) is 58.1 Å². The number of hydrogen-bond donors (Lipinski definition) is 1. The number of benzene rings is 2. The molecule has 0 aromatic heterocycles. The number of hydrogen-bond acceptors (Lipinski definition) is 1. The number of rotatable bonds is 2. The summed E-state index contributed by atoms with van der Waals surface area (Å²) >= 11 is 2.86. The van der Waals surface area contributed by atoms with Gasteiger partial charge in [-0.2, -0.15) is 13.2 Å². The maximum absolute atomic E-state index is 12.8. The molecule has 20 heavy (non-hydrogen) atoms. The van der Waals surface area contributed by atoms with E-state index in [0.717, 1.165) is 6.07 Å². The van der Waals surface area contributed by atoms with Crippen LogP contribution in [0.4, 0.5) is 13.2 Å². The Morgan fingerprint density at radius 1 is 1.05 bits per heavy atom.